The fraction of sp³-hybridized carbons (Fsp3) is 0.0667. The van der Waals surface area contributed by atoms with Crippen molar-refractivity contribution in [1.82, 2.24) is 0 Å². The fourth-order valence-electron chi connectivity index (χ4n) is 18.4. The number of para-hydroxylation sites is 2. The van der Waals surface area contributed by atoms with E-state index in [0.29, 0.717) is 0 Å². The van der Waals surface area contributed by atoms with E-state index in [9.17, 15) is 0 Å². The molecule has 0 unspecified atom stereocenters. The first-order chi connectivity index (χ1) is 59.8. The molecule has 0 amide bonds. The number of hydrogen-bond acceptors (Lipinski definition) is 2. The number of hydrogen-bond donors (Lipinski definition) is 0. The molecule has 0 saturated heterocycles. The SMILES string of the molecule is CC(C)(C)c1cc(N(c2cc(-c3cccc4ccccc34)ccc2-c2ccccc2)c2ccccc2-c2cccc3cccc(-c4ccccc4-c4ccc(N(c5cc(-c6cccc7ccccc67)ccc5-c5ccccc5)c5ccccc5-c5cccc6cccc(-c7ccccc7)c56)c(-c5ccc(-c6ccccc6)cc5)c4)c23)cc(C(C)(C)C)c1. The Morgan fingerprint density at radius 1 is 0.156 bits per heavy atom. The van der Waals surface area contributed by atoms with E-state index in [-0.39, 0.29) is 10.8 Å². The van der Waals surface area contributed by atoms with Crippen LogP contribution in [0.3, 0.4) is 0 Å². The Morgan fingerprint density at radius 2 is 0.459 bits per heavy atom. The molecule has 0 spiro atoms. The first-order valence-electron chi connectivity index (χ1n) is 42.6. The van der Waals surface area contributed by atoms with Crippen LogP contribution in [0.5, 0.6) is 0 Å². The van der Waals surface area contributed by atoms with Gasteiger partial charge in [-0.3, -0.25) is 0 Å². The van der Waals surface area contributed by atoms with Gasteiger partial charge in [0.25, 0.3) is 0 Å². The van der Waals surface area contributed by atoms with Gasteiger partial charge in [0.05, 0.1) is 28.4 Å². The van der Waals surface area contributed by atoms with Crippen molar-refractivity contribution in [2.24, 2.45) is 0 Å². The fourth-order valence-corrected chi connectivity index (χ4v) is 18.4. The number of rotatable bonds is 17. The van der Waals surface area contributed by atoms with E-state index in [1.165, 1.54) is 71.1 Å². The van der Waals surface area contributed by atoms with Crippen molar-refractivity contribution >= 4 is 77.2 Å². The van der Waals surface area contributed by atoms with Gasteiger partial charge in [0, 0.05) is 33.5 Å². The highest BCUT2D eigenvalue weighted by Crippen LogP contribution is 2.55. The zero-order chi connectivity index (χ0) is 82.4. The van der Waals surface area contributed by atoms with Gasteiger partial charge >= 0.3 is 0 Å². The van der Waals surface area contributed by atoms with E-state index >= 15 is 0 Å². The maximum atomic E-state index is 2.59. The summed E-state index contributed by atoms with van der Waals surface area (Å²) in [7, 11) is 0. The predicted octanol–water partition coefficient (Wildman–Crippen LogP) is 34.2. The standard InChI is InChI=1S/C120H92N2/c1-119(2,3)94-78-95(120(4,5)6)80-96(79-94)121(115-76-92(69-72-102(115)85-37-13-8-14-38-85)99-57-29-45-83-43-19-21-51-97(83)99)112-63-27-25-55-106(112)110-62-34-50-90-49-32-60-108(118(90)110)105-54-24-23-53-101(105)91-71-74-114(111(75-91)88-67-65-82(66-68-88)81-35-11-7-12-36-81)122(113-64-28-26-56-107(113)109-61-33-48-89-47-31-59-104(117(89)109)87-41-17-10-18-42-87)116-77-93(70-73-103(116)86-39-15-9-16-40-86)100-58-30-46-84-44-20-22-52-98(84)100/h7-80H,1-6H3. The van der Waals surface area contributed by atoms with Crippen molar-refractivity contribution in [3.8, 4) is 122 Å². The lowest BCUT2D eigenvalue weighted by molar-refractivity contribution is 0.569. The van der Waals surface area contributed by atoms with Crippen molar-refractivity contribution in [3.63, 3.8) is 0 Å². The van der Waals surface area contributed by atoms with Crippen LogP contribution in [0.25, 0.3) is 165 Å². The number of anilines is 6. The van der Waals surface area contributed by atoms with Gasteiger partial charge in [0.1, 0.15) is 0 Å². The highest BCUT2D eigenvalue weighted by Gasteiger charge is 2.31. The Bertz CT molecular complexity index is 7260. The molecule has 0 aliphatic heterocycles. The zero-order valence-corrected chi connectivity index (χ0v) is 69.6. The molecule has 20 aromatic carbocycles. The summed E-state index contributed by atoms with van der Waals surface area (Å²) in [6.07, 6.45) is 0. The summed E-state index contributed by atoms with van der Waals surface area (Å²) in [6, 6.07) is 168. The molecular weight excluding hydrogens is 1470 g/mol. The summed E-state index contributed by atoms with van der Waals surface area (Å²) in [5, 5.41) is 9.50. The van der Waals surface area contributed by atoms with Gasteiger partial charge in [-0.05, 0) is 208 Å². The van der Waals surface area contributed by atoms with Crippen molar-refractivity contribution < 1.29 is 0 Å². The van der Waals surface area contributed by atoms with Gasteiger partial charge < -0.3 is 9.80 Å². The lowest BCUT2D eigenvalue weighted by Crippen LogP contribution is -2.19. The molecule has 0 bridgehead atoms. The molecule has 20 rings (SSSR count). The van der Waals surface area contributed by atoms with Crippen LogP contribution >= 0.6 is 0 Å². The molecule has 0 aliphatic carbocycles. The molecule has 122 heavy (non-hydrogen) atoms. The minimum Gasteiger partial charge on any atom is -0.309 e. The largest absolute Gasteiger partial charge is 0.309 e. The molecular formula is C120H92N2. The number of fused-ring (bicyclic) bond motifs is 4. The molecule has 0 N–H and O–H groups in total. The van der Waals surface area contributed by atoms with E-state index in [2.05, 4.69) is 500 Å². The molecule has 0 aliphatic rings. The number of benzene rings is 20. The topological polar surface area (TPSA) is 6.48 Å². The van der Waals surface area contributed by atoms with E-state index in [1.807, 2.05) is 0 Å². The summed E-state index contributed by atoms with van der Waals surface area (Å²) in [5.41, 5.74) is 33.4. The maximum absolute atomic E-state index is 2.59. The minimum absolute atomic E-state index is 0.173. The van der Waals surface area contributed by atoms with E-state index < -0.39 is 0 Å². The smallest absolute Gasteiger partial charge is 0.0546 e. The van der Waals surface area contributed by atoms with Crippen LogP contribution in [0.4, 0.5) is 34.1 Å². The lowest BCUT2D eigenvalue weighted by Gasteiger charge is -2.34. The van der Waals surface area contributed by atoms with Gasteiger partial charge in [-0.15, -0.1) is 0 Å². The summed E-state index contributed by atoms with van der Waals surface area (Å²) in [5.74, 6) is 0. The summed E-state index contributed by atoms with van der Waals surface area (Å²) in [6.45, 7) is 14.1. The third-order valence-electron chi connectivity index (χ3n) is 24.6. The molecule has 20 aromatic rings. The molecule has 0 heterocycles. The third kappa shape index (κ3) is 14.4. The Hall–Kier alpha value is -15.0. The Labute approximate surface area is 716 Å². The first-order valence-corrected chi connectivity index (χ1v) is 42.6. The van der Waals surface area contributed by atoms with Crippen molar-refractivity contribution in [3.05, 3.63) is 460 Å². The number of nitrogens with zero attached hydrogens (tertiary/aromatic N) is 2. The second-order valence-corrected chi connectivity index (χ2v) is 34.2. The van der Waals surface area contributed by atoms with Gasteiger partial charge in [0.15, 0.2) is 0 Å². The molecule has 2 heteroatoms. The van der Waals surface area contributed by atoms with Crippen LogP contribution in [-0.2, 0) is 10.8 Å². The van der Waals surface area contributed by atoms with Crippen LogP contribution in [0, 0.1) is 0 Å². The molecule has 2 nitrogen and oxygen atoms in total. The van der Waals surface area contributed by atoms with Crippen LogP contribution in [0.1, 0.15) is 52.7 Å². The molecule has 582 valence electrons. The van der Waals surface area contributed by atoms with Crippen LogP contribution < -0.4 is 9.80 Å². The Morgan fingerprint density at radius 3 is 0.951 bits per heavy atom. The molecule has 0 saturated carbocycles. The normalized spacial score (nSPS) is 11.7. The molecule has 0 radical (unpaired) electrons. The summed E-state index contributed by atoms with van der Waals surface area (Å²) < 4.78 is 0. The second-order valence-electron chi connectivity index (χ2n) is 34.2. The van der Waals surface area contributed by atoms with E-state index in [4.69, 9.17) is 0 Å². The first kappa shape index (κ1) is 75.8. The minimum atomic E-state index is -0.173. The van der Waals surface area contributed by atoms with E-state index in [0.717, 1.165) is 140 Å². The van der Waals surface area contributed by atoms with Gasteiger partial charge in [-0.1, -0.05) is 442 Å². The highest BCUT2D eigenvalue weighted by atomic mass is 15.2. The maximum Gasteiger partial charge on any atom is 0.0546 e. The van der Waals surface area contributed by atoms with Crippen LogP contribution in [0.15, 0.2) is 449 Å². The second kappa shape index (κ2) is 32.1. The molecule has 0 aromatic heterocycles. The lowest BCUT2D eigenvalue weighted by atomic mass is 9.80. The summed E-state index contributed by atoms with van der Waals surface area (Å²) >= 11 is 0. The molecule has 0 fully saturated rings. The quantitative estimate of drug-likeness (QED) is 0.0896. The van der Waals surface area contributed by atoms with Crippen molar-refractivity contribution in [2.75, 3.05) is 9.80 Å². The van der Waals surface area contributed by atoms with E-state index in [1.54, 1.807) is 0 Å². The van der Waals surface area contributed by atoms with Gasteiger partial charge in [-0.2, -0.15) is 0 Å². The van der Waals surface area contributed by atoms with Crippen LogP contribution in [0.2, 0.25) is 0 Å². The average molecular weight is 1560 g/mol. The predicted molar refractivity (Wildman–Crippen MR) is 523 cm³/mol. The van der Waals surface area contributed by atoms with Crippen molar-refractivity contribution in [2.45, 2.75) is 52.4 Å². The van der Waals surface area contributed by atoms with Crippen molar-refractivity contribution in [1.29, 1.82) is 0 Å². The monoisotopic (exact) mass is 1560 g/mol. The summed E-state index contributed by atoms with van der Waals surface area (Å²) in [4.78, 5) is 5.19. The third-order valence-corrected chi connectivity index (χ3v) is 24.6. The van der Waals surface area contributed by atoms with Gasteiger partial charge in [0.2, 0.25) is 0 Å². The highest BCUT2D eigenvalue weighted by molar-refractivity contribution is 6.14. The molecule has 0 atom stereocenters. The Balaban J connectivity index is 0.828. The Kier molecular flexibility index (Phi) is 19.9. The average Bonchev–Trinajstić information content (AvgIpc) is 0.738. The van der Waals surface area contributed by atoms with Gasteiger partial charge in [-0.25, -0.2) is 0 Å². The zero-order valence-electron chi connectivity index (χ0n) is 69.6. The van der Waals surface area contributed by atoms with Crippen LogP contribution in [-0.4, -0.2) is 0 Å².